The minimum absolute atomic E-state index is 0.0875. The molecule has 0 rings (SSSR count). The summed E-state index contributed by atoms with van der Waals surface area (Å²) in [5, 5.41) is 0. The number of ether oxygens (including phenoxy) is 2. The molecule has 0 aliphatic rings. The van der Waals surface area contributed by atoms with Crippen LogP contribution in [0, 0.1) is 0 Å². The lowest BCUT2D eigenvalue weighted by Gasteiger charge is -2.18. The third kappa shape index (κ3) is 53.8. The van der Waals surface area contributed by atoms with Crippen molar-refractivity contribution in [3.8, 4) is 0 Å². The zero-order valence-electron chi connectivity index (χ0n) is 41.1. The molecule has 0 saturated heterocycles. The smallest absolute Gasteiger partial charge is 0.457 e. The maximum atomic E-state index is 12.5. The van der Waals surface area contributed by atoms with Gasteiger partial charge in [0.1, 0.15) is 6.10 Å². The maximum absolute atomic E-state index is 12.5. The zero-order chi connectivity index (χ0) is 44.4. The molecule has 0 radical (unpaired) electrons. The number of phosphoric ester groups is 1. The third-order valence-electron chi connectivity index (χ3n) is 12.7. The van der Waals surface area contributed by atoms with Gasteiger partial charge >= 0.3 is 13.8 Å². The van der Waals surface area contributed by atoms with Crippen LogP contribution in [-0.4, -0.2) is 41.7 Å². The predicted molar refractivity (Wildman–Crippen MR) is 262 cm³/mol. The molecule has 8 heteroatoms. The Morgan fingerprint density at radius 2 is 0.623 bits per heavy atom. The largest absolute Gasteiger partial charge is 0.469 e. The second kappa shape index (κ2) is 50.5. The third-order valence-corrected chi connectivity index (χ3v) is 13.1. The molecule has 0 unspecified atom stereocenters. The van der Waals surface area contributed by atoms with E-state index in [0.29, 0.717) is 13.0 Å². The number of hydrogen-bond acceptors (Lipinski definition) is 5. The average molecular weight is 887 g/mol. The number of carbonyl (C=O) groups is 1. The minimum atomic E-state index is -4.65. The van der Waals surface area contributed by atoms with E-state index in [4.69, 9.17) is 19.3 Å². The van der Waals surface area contributed by atoms with Crippen molar-refractivity contribution in [2.45, 2.75) is 315 Å². The highest BCUT2D eigenvalue weighted by molar-refractivity contribution is 7.46. The fourth-order valence-corrected chi connectivity index (χ4v) is 8.98. The highest BCUT2D eigenvalue weighted by Crippen LogP contribution is 2.36. The average Bonchev–Trinajstić information content (AvgIpc) is 3.24. The van der Waals surface area contributed by atoms with Crippen LogP contribution >= 0.6 is 7.82 Å². The Morgan fingerprint density at radius 1 is 0.377 bits per heavy atom. The molecule has 0 aliphatic carbocycles. The Morgan fingerprint density at radius 3 is 0.885 bits per heavy atom. The molecule has 0 aromatic carbocycles. The summed E-state index contributed by atoms with van der Waals surface area (Å²) < 4.78 is 27.2. The van der Waals surface area contributed by atoms with Gasteiger partial charge in [-0.15, -0.1) is 0 Å². The zero-order valence-corrected chi connectivity index (χ0v) is 42.0. The van der Waals surface area contributed by atoms with Crippen molar-refractivity contribution in [1.82, 2.24) is 0 Å². The van der Waals surface area contributed by atoms with E-state index in [1.807, 2.05) is 0 Å². The van der Waals surface area contributed by atoms with Gasteiger partial charge in [0.05, 0.1) is 13.2 Å². The molecular weight excluding hydrogens is 780 g/mol. The van der Waals surface area contributed by atoms with Crippen LogP contribution in [0.3, 0.4) is 0 Å². The lowest BCUT2D eigenvalue weighted by molar-refractivity contribution is -0.154. The van der Waals surface area contributed by atoms with Crippen molar-refractivity contribution in [2.75, 3.05) is 19.8 Å². The fourth-order valence-electron chi connectivity index (χ4n) is 8.62. The van der Waals surface area contributed by atoms with Crippen LogP contribution in [0.15, 0.2) is 0 Å². The summed E-state index contributed by atoms with van der Waals surface area (Å²) in [6.07, 6.45) is 60.0. The minimum Gasteiger partial charge on any atom is -0.457 e. The second-order valence-corrected chi connectivity index (χ2v) is 20.2. The number of phosphoric acid groups is 1. The van der Waals surface area contributed by atoms with Crippen molar-refractivity contribution in [2.24, 2.45) is 0 Å². The number of esters is 1. The summed E-state index contributed by atoms with van der Waals surface area (Å²) in [5.41, 5.74) is 0. The van der Waals surface area contributed by atoms with Crippen LogP contribution in [-0.2, 0) is 23.4 Å². The van der Waals surface area contributed by atoms with E-state index in [1.165, 1.54) is 257 Å². The standard InChI is InChI=1S/C53H107O7P/c1-3-5-7-9-11-13-15-17-19-21-23-24-25-26-27-28-29-30-31-32-34-36-38-40-42-44-46-48-53(54)60-52(51-59-61(55,56)57)50-58-49-47-45-43-41-39-37-35-33-22-20-18-16-14-12-10-8-6-4-2/h52H,3-51H2,1-2H3,(H2,55,56,57)/t52-/m1/s1. The molecule has 61 heavy (non-hydrogen) atoms. The lowest BCUT2D eigenvalue weighted by atomic mass is 10.0. The van der Waals surface area contributed by atoms with Gasteiger partial charge in [-0.2, -0.15) is 0 Å². The molecule has 0 spiro atoms. The molecule has 0 heterocycles. The van der Waals surface area contributed by atoms with Gasteiger partial charge in [-0.05, 0) is 12.8 Å². The van der Waals surface area contributed by atoms with E-state index in [0.717, 1.165) is 32.1 Å². The van der Waals surface area contributed by atoms with E-state index < -0.39 is 13.9 Å². The number of rotatable bonds is 53. The SMILES string of the molecule is CCCCCCCCCCCCCCCCCCCCCCCCCCCCCC(=O)O[C@H](COCCCCCCCCCCCCCCCCCCCC)COP(=O)(O)O. The molecule has 366 valence electrons. The Kier molecular flexibility index (Phi) is 50.2. The molecule has 2 N–H and O–H groups in total. The van der Waals surface area contributed by atoms with Crippen molar-refractivity contribution >= 4 is 13.8 Å². The van der Waals surface area contributed by atoms with Gasteiger partial charge in [0, 0.05) is 13.0 Å². The second-order valence-electron chi connectivity index (χ2n) is 18.9. The highest BCUT2D eigenvalue weighted by Gasteiger charge is 2.21. The van der Waals surface area contributed by atoms with Gasteiger partial charge < -0.3 is 19.3 Å². The van der Waals surface area contributed by atoms with Crippen LogP contribution in [0.1, 0.15) is 309 Å². The fraction of sp³-hybridized carbons (Fsp3) is 0.981. The number of unbranched alkanes of at least 4 members (excludes halogenated alkanes) is 43. The van der Waals surface area contributed by atoms with Crippen molar-refractivity contribution in [1.29, 1.82) is 0 Å². The van der Waals surface area contributed by atoms with Gasteiger partial charge in [-0.1, -0.05) is 290 Å². The molecule has 0 amide bonds. The maximum Gasteiger partial charge on any atom is 0.469 e. The van der Waals surface area contributed by atoms with E-state index in [-0.39, 0.29) is 19.2 Å². The van der Waals surface area contributed by atoms with E-state index in [9.17, 15) is 9.36 Å². The molecule has 0 aromatic rings. The molecule has 0 fully saturated rings. The van der Waals surface area contributed by atoms with Gasteiger partial charge in [-0.3, -0.25) is 9.32 Å². The first-order chi connectivity index (χ1) is 29.9. The van der Waals surface area contributed by atoms with Crippen LogP contribution in [0.4, 0.5) is 0 Å². The van der Waals surface area contributed by atoms with Gasteiger partial charge in [-0.25, -0.2) is 4.57 Å². The monoisotopic (exact) mass is 887 g/mol. The first-order valence-corrected chi connectivity index (χ1v) is 28.9. The molecule has 0 aromatic heterocycles. The van der Waals surface area contributed by atoms with Crippen molar-refractivity contribution in [3.05, 3.63) is 0 Å². The van der Waals surface area contributed by atoms with E-state index in [1.54, 1.807) is 0 Å². The topological polar surface area (TPSA) is 102 Å². The van der Waals surface area contributed by atoms with Gasteiger partial charge in [0.2, 0.25) is 0 Å². The Bertz CT molecular complexity index is 896. The van der Waals surface area contributed by atoms with Crippen LogP contribution in [0.25, 0.3) is 0 Å². The number of carbonyl (C=O) groups excluding carboxylic acids is 1. The van der Waals surface area contributed by atoms with Crippen molar-refractivity contribution in [3.63, 3.8) is 0 Å². The first-order valence-electron chi connectivity index (χ1n) is 27.4. The summed E-state index contributed by atoms with van der Waals surface area (Å²) in [6.45, 7) is 4.84. The number of hydrogen-bond donors (Lipinski definition) is 2. The normalized spacial score (nSPS) is 12.4. The Balaban J connectivity index is 3.60. The Hall–Kier alpha value is -0.460. The summed E-state index contributed by atoms with van der Waals surface area (Å²) in [5.74, 6) is -0.351. The molecular formula is C53H107O7P. The van der Waals surface area contributed by atoms with E-state index >= 15 is 0 Å². The molecule has 0 aliphatic heterocycles. The van der Waals surface area contributed by atoms with Gasteiger partial charge in [0.15, 0.2) is 0 Å². The van der Waals surface area contributed by atoms with Crippen LogP contribution < -0.4 is 0 Å². The molecule has 7 nitrogen and oxygen atoms in total. The first kappa shape index (κ1) is 60.5. The molecule has 0 saturated carbocycles. The summed E-state index contributed by atoms with van der Waals surface area (Å²) in [4.78, 5) is 30.8. The van der Waals surface area contributed by atoms with Crippen LogP contribution in [0.5, 0.6) is 0 Å². The van der Waals surface area contributed by atoms with E-state index in [2.05, 4.69) is 18.4 Å². The molecule has 0 bridgehead atoms. The highest BCUT2D eigenvalue weighted by atomic mass is 31.2. The summed E-state index contributed by atoms with van der Waals surface area (Å²) in [6, 6.07) is 0. The predicted octanol–water partition coefficient (Wildman–Crippen LogP) is 18.0. The summed E-state index contributed by atoms with van der Waals surface area (Å²) in [7, 11) is -4.65. The lowest BCUT2D eigenvalue weighted by Crippen LogP contribution is -2.28. The quantitative estimate of drug-likeness (QED) is 0.0356. The van der Waals surface area contributed by atoms with Gasteiger partial charge in [0.25, 0.3) is 0 Å². The Labute approximate surface area is 380 Å². The van der Waals surface area contributed by atoms with Crippen molar-refractivity contribution < 1.29 is 33.1 Å². The summed E-state index contributed by atoms with van der Waals surface area (Å²) >= 11 is 0. The van der Waals surface area contributed by atoms with Crippen LogP contribution in [0.2, 0.25) is 0 Å². The molecule has 1 atom stereocenters.